The number of hydrogen-bond acceptors (Lipinski definition) is 5. The normalized spacial score (nSPS) is 14.2. The maximum Gasteiger partial charge on any atom is 0.329 e. The number of nitrogens with two attached hydrogens (primary N) is 2. The maximum atomic E-state index is 12.5. The van der Waals surface area contributed by atoms with Crippen LogP contribution < -0.4 is 11.6 Å². The van der Waals surface area contributed by atoms with Crippen LogP contribution in [0, 0.1) is 11.3 Å². The smallest absolute Gasteiger partial charge is 0.329 e. The molecule has 130 valence electrons. The van der Waals surface area contributed by atoms with E-state index in [4.69, 9.17) is 17.0 Å². The van der Waals surface area contributed by atoms with Crippen molar-refractivity contribution in [1.29, 1.82) is 5.41 Å². The van der Waals surface area contributed by atoms with Gasteiger partial charge in [-0.25, -0.2) is 0 Å². The molecule has 2 atom stereocenters. The molecule has 6 nitrogen and oxygen atoms in total. The molecule has 0 amide bonds. The highest BCUT2D eigenvalue weighted by molar-refractivity contribution is 5.99. The monoisotopic (exact) mass is 339 g/mol. The van der Waals surface area contributed by atoms with Crippen molar-refractivity contribution in [2.75, 3.05) is 0 Å². The van der Waals surface area contributed by atoms with Gasteiger partial charge >= 0.3 is 5.97 Å². The molecule has 2 aromatic rings. The average Bonchev–Trinajstić information content (AvgIpc) is 2.66. The van der Waals surface area contributed by atoms with Crippen LogP contribution in [0.5, 0.6) is 0 Å². The number of nitrogens with one attached hydrogen (secondary N) is 1. The largest absolute Gasteiger partial charge is 0.384 e. The molecule has 6 heteroatoms. The number of carbonyl (C=O) groups is 2. The second-order valence-electron chi connectivity index (χ2n) is 5.71. The van der Waals surface area contributed by atoms with Gasteiger partial charge in [-0.3, -0.25) is 10.2 Å². The minimum atomic E-state index is -1.37. The molecule has 2 aromatic carbocycles. The van der Waals surface area contributed by atoms with E-state index in [9.17, 15) is 9.59 Å². The minimum absolute atomic E-state index is 0.186. The van der Waals surface area contributed by atoms with E-state index < -0.39 is 17.3 Å². The van der Waals surface area contributed by atoms with Crippen LogP contribution >= 0.6 is 0 Å². The maximum absolute atomic E-state index is 12.5. The Morgan fingerprint density at radius 3 is 2.32 bits per heavy atom. The topological polar surface area (TPSA) is 119 Å². The molecule has 0 aliphatic heterocycles. The van der Waals surface area contributed by atoms with Crippen LogP contribution in [-0.4, -0.2) is 18.1 Å². The molecule has 0 bridgehead atoms. The summed E-state index contributed by atoms with van der Waals surface area (Å²) in [5.74, 6) is 3.37. The molecule has 0 aromatic heterocycles. The first-order valence-electron chi connectivity index (χ1n) is 7.89. The number of amidine groups is 1. The molecule has 0 heterocycles. The summed E-state index contributed by atoms with van der Waals surface area (Å²) in [7, 11) is 0. The fraction of sp³-hybridized carbons (Fsp3) is 0.211. The molecular formula is C19H21N3O3. The number of hydrogen-bond donors (Lipinski definition) is 3. The highest BCUT2D eigenvalue weighted by atomic mass is 16.7. The van der Waals surface area contributed by atoms with Crippen molar-refractivity contribution < 1.29 is 14.4 Å². The Morgan fingerprint density at radius 1 is 1.20 bits per heavy atom. The Kier molecular flexibility index (Phi) is 5.67. The molecule has 0 radical (unpaired) electrons. The lowest BCUT2D eigenvalue weighted by Gasteiger charge is -2.36. The lowest BCUT2D eigenvalue weighted by molar-refractivity contribution is -0.152. The van der Waals surface area contributed by atoms with Gasteiger partial charge in [0.15, 0.2) is 0 Å². The molecule has 0 fully saturated rings. The Hall–Kier alpha value is -2.99. The second kappa shape index (κ2) is 7.72. The van der Waals surface area contributed by atoms with Crippen molar-refractivity contribution in [1.82, 2.24) is 0 Å². The van der Waals surface area contributed by atoms with Crippen LogP contribution in [0.25, 0.3) is 0 Å². The van der Waals surface area contributed by atoms with Crippen molar-refractivity contribution in [2.24, 2.45) is 17.5 Å². The third kappa shape index (κ3) is 3.16. The SMILES string of the molecule is CCC(C(=O)ON)C(C=O)(c1ccccc1)c1ccccc1C(=N)N. The van der Waals surface area contributed by atoms with Crippen LogP contribution in [0.15, 0.2) is 54.6 Å². The first kappa shape index (κ1) is 18.4. The minimum Gasteiger partial charge on any atom is -0.384 e. The van der Waals surface area contributed by atoms with E-state index in [0.29, 0.717) is 23.1 Å². The van der Waals surface area contributed by atoms with Crippen LogP contribution in [-0.2, 0) is 19.8 Å². The van der Waals surface area contributed by atoms with Gasteiger partial charge in [-0.2, -0.15) is 5.90 Å². The van der Waals surface area contributed by atoms with Gasteiger partial charge in [0.25, 0.3) is 0 Å². The standard InChI is InChI=1S/C19H21N3O3/c1-2-15(18(24)25-22)19(12-23,13-8-4-3-5-9-13)16-11-7-6-10-14(16)17(20)21/h3-12,15H,2,22H2,1H3,(H3,20,21). The molecule has 0 aliphatic rings. The van der Waals surface area contributed by atoms with E-state index in [1.54, 1.807) is 55.5 Å². The van der Waals surface area contributed by atoms with Crippen molar-refractivity contribution in [3.8, 4) is 0 Å². The van der Waals surface area contributed by atoms with Crippen LogP contribution in [0.2, 0.25) is 0 Å². The summed E-state index contributed by atoms with van der Waals surface area (Å²) < 4.78 is 0. The number of carbonyl (C=O) groups excluding carboxylic acids is 2. The lowest BCUT2D eigenvalue weighted by Crippen LogP contribution is -2.45. The highest BCUT2D eigenvalue weighted by Crippen LogP contribution is 2.41. The van der Waals surface area contributed by atoms with Crippen molar-refractivity contribution in [3.63, 3.8) is 0 Å². The molecule has 25 heavy (non-hydrogen) atoms. The molecule has 5 N–H and O–H groups in total. The Balaban J connectivity index is 2.88. The van der Waals surface area contributed by atoms with E-state index in [-0.39, 0.29) is 5.84 Å². The van der Waals surface area contributed by atoms with Gasteiger partial charge in [-0.15, -0.1) is 0 Å². The third-order valence-electron chi connectivity index (χ3n) is 4.46. The van der Waals surface area contributed by atoms with Crippen molar-refractivity contribution >= 4 is 18.1 Å². The van der Waals surface area contributed by atoms with Gasteiger partial charge in [0.05, 0.1) is 11.3 Å². The lowest BCUT2D eigenvalue weighted by atomic mass is 9.64. The summed E-state index contributed by atoms with van der Waals surface area (Å²) >= 11 is 0. The van der Waals surface area contributed by atoms with Gasteiger partial charge in [-0.05, 0) is 17.5 Å². The zero-order valence-corrected chi connectivity index (χ0v) is 13.9. The van der Waals surface area contributed by atoms with Crippen LogP contribution in [0.4, 0.5) is 0 Å². The zero-order chi connectivity index (χ0) is 18.4. The molecule has 0 aliphatic carbocycles. The number of benzene rings is 2. The summed E-state index contributed by atoms with van der Waals surface area (Å²) in [4.78, 5) is 29.3. The summed E-state index contributed by atoms with van der Waals surface area (Å²) in [6.45, 7) is 1.78. The van der Waals surface area contributed by atoms with E-state index in [1.807, 2.05) is 6.07 Å². The van der Waals surface area contributed by atoms with Crippen LogP contribution in [0.1, 0.15) is 30.0 Å². The first-order valence-corrected chi connectivity index (χ1v) is 7.89. The molecule has 0 spiro atoms. The molecule has 0 saturated heterocycles. The Bertz CT molecular complexity index is 776. The third-order valence-corrected chi connectivity index (χ3v) is 4.46. The van der Waals surface area contributed by atoms with Gasteiger partial charge in [0, 0.05) is 5.56 Å². The van der Waals surface area contributed by atoms with Crippen LogP contribution in [0.3, 0.4) is 0 Å². The number of aldehydes is 1. The number of nitrogen functional groups attached to an aromatic ring is 1. The Labute approximate surface area is 146 Å². The van der Waals surface area contributed by atoms with Gasteiger partial charge in [-0.1, -0.05) is 61.5 Å². The van der Waals surface area contributed by atoms with Gasteiger partial charge < -0.3 is 15.4 Å². The predicted octanol–water partition coefficient (Wildman–Crippen LogP) is 1.90. The van der Waals surface area contributed by atoms with Gasteiger partial charge in [0.2, 0.25) is 0 Å². The van der Waals surface area contributed by atoms with Crippen molar-refractivity contribution in [3.05, 3.63) is 71.3 Å². The quantitative estimate of drug-likeness (QED) is 0.308. The molecule has 0 saturated carbocycles. The average molecular weight is 339 g/mol. The fourth-order valence-corrected chi connectivity index (χ4v) is 3.31. The van der Waals surface area contributed by atoms with E-state index in [1.165, 1.54) is 0 Å². The summed E-state index contributed by atoms with van der Waals surface area (Å²) in [6, 6.07) is 15.7. The van der Waals surface area contributed by atoms with E-state index in [0.717, 1.165) is 6.29 Å². The predicted molar refractivity (Wildman–Crippen MR) is 94.8 cm³/mol. The molecular weight excluding hydrogens is 318 g/mol. The summed E-state index contributed by atoms with van der Waals surface area (Å²) in [5.41, 5.74) is 5.83. The first-order chi connectivity index (χ1) is 12.0. The highest BCUT2D eigenvalue weighted by Gasteiger charge is 2.47. The van der Waals surface area contributed by atoms with Crippen molar-refractivity contribution in [2.45, 2.75) is 18.8 Å². The molecule has 2 unspecified atom stereocenters. The summed E-state index contributed by atoms with van der Waals surface area (Å²) in [5, 5.41) is 7.87. The van der Waals surface area contributed by atoms with E-state index in [2.05, 4.69) is 4.84 Å². The summed E-state index contributed by atoms with van der Waals surface area (Å²) in [6.07, 6.45) is 1.03. The second-order valence-corrected chi connectivity index (χ2v) is 5.71. The van der Waals surface area contributed by atoms with Gasteiger partial charge in [0.1, 0.15) is 12.1 Å². The number of rotatable bonds is 7. The molecule has 2 rings (SSSR count). The Morgan fingerprint density at radius 2 is 1.80 bits per heavy atom. The van der Waals surface area contributed by atoms with E-state index >= 15 is 0 Å². The zero-order valence-electron chi connectivity index (χ0n) is 13.9. The fourth-order valence-electron chi connectivity index (χ4n) is 3.31.